The number of anilines is 1. The van der Waals surface area contributed by atoms with Gasteiger partial charge in [-0.25, -0.2) is 4.98 Å². The van der Waals surface area contributed by atoms with Gasteiger partial charge in [-0.2, -0.15) is 0 Å². The molecule has 0 spiro atoms. The zero-order valence-corrected chi connectivity index (χ0v) is 19.0. The van der Waals surface area contributed by atoms with Gasteiger partial charge in [0.2, 0.25) is 5.95 Å². The van der Waals surface area contributed by atoms with Crippen LogP contribution in [0, 0.1) is 0 Å². The largest absolute Gasteiger partial charge is 0.342 e. The highest BCUT2D eigenvalue weighted by Gasteiger charge is 2.37. The summed E-state index contributed by atoms with van der Waals surface area (Å²) in [5.41, 5.74) is 8.83. The highest BCUT2D eigenvalue weighted by Crippen LogP contribution is 2.39. The van der Waals surface area contributed by atoms with E-state index in [1.807, 2.05) is 0 Å². The summed E-state index contributed by atoms with van der Waals surface area (Å²) >= 11 is 0. The van der Waals surface area contributed by atoms with E-state index in [1.165, 1.54) is 62.8 Å². The first-order chi connectivity index (χ1) is 15.2. The molecule has 168 valence electrons. The summed E-state index contributed by atoms with van der Waals surface area (Å²) in [6.45, 7) is 8.64. The second-order valence-electron chi connectivity index (χ2n) is 10.0. The maximum absolute atomic E-state index is 6.19. The molecule has 0 atom stereocenters. The maximum Gasteiger partial charge on any atom is 0.206 e. The second-order valence-corrected chi connectivity index (χ2v) is 10.0. The molecule has 1 aliphatic carbocycles. The summed E-state index contributed by atoms with van der Waals surface area (Å²) in [5, 5.41) is 0. The van der Waals surface area contributed by atoms with Gasteiger partial charge in [0.15, 0.2) is 0 Å². The van der Waals surface area contributed by atoms with Gasteiger partial charge in [0.1, 0.15) is 0 Å². The second kappa shape index (κ2) is 8.95. The molecule has 1 aromatic heterocycles. The number of rotatable bonds is 4. The first-order valence-electron chi connectivity index (χ1n) is 12.6. The molecule has 3 heterocycles. The van der Waals surface area contributed by atoms with Gasteiger partial charge >= 0.3 is 0 Å². The molecule has 3 fully saturated rings. The third-order valence-electron chi connectivity index (χ3n) is 8.21. The Hall–Kier alpha value is -1.85. The van der Waals surface area contributed by atoms with E-state index in [-0.39, 0.29) is 5.54 Å². The molecule has 2 aromatic rings. The highest BCUT2D eigenvalue weighted by molar-refractivity contribution is 5.79. The number of hydrogen-bond acceptors (Lipinski definition) is 4. The Morgan fingerprint density at radius 2 is 1.61 bits per heavy atom. The van der Waals surface area contributed by atoms with Crippen molar-refractivity contribution in [2.24, 2.45) is 5.73 Å². The fourth-order valence-electron chi connectivity index (χ4n) is 6.27. The third kappa shape index (κ3) is 4.03. The molecule has 5 heteroatoms. The zero-order chi connectivity index (χ0) is 21.3. The molecular formula is C26H39N5. The number of fused-ring (bicyclic) bond motifs is 1. The molecule has 0 bridgehead atoms. The lowest BCUT2D eigenvalue weighted by Crippen LogP contribution is -2.50. The van der Waals surface area contributed by atoms with Crippen molar-refractivity contribution >= 4 is 17.0 Å². The molecule has 1 saturated carbocycles. The smallest absolute Gasteiger partial charge is 0.206 e. The number of imidazole rings is 1. The minimum absolute atomic E-state index is 0.227. The number of aromatic nitrogens is 2. The number of para-hydroxylation sites is 2. The van der Waals surface area contributed by atoms with Crippen molar-refractivity contribution in [3.63, 3.8) is 0 Å². The summed E-state index contributed by atoms with van der Waals surface area (Å²) in [4.78, 5) is 10.3. The van der Waals surface area contributed by atoms with Crippen molar-refractivity contribution in [1.29, 1.82) is 0 Å². The normalized spacial score (nSPS) is 24.4. The fraction of sp³-hybridized carbons (Fsp3) is 0.654. The van der Waals surface area contributed by atoms with Crippen molar-refractivity contribution in [2.75, 3.05) is 31.1 Å². The molecule has 1 aromatic carbocycles. The Kier molecular flexibility index (Phi) is 6.07. The van der Waals surface area contributed by atoms with E-state index in [1.54, 1.807) is 0 Å². The quantitative estimate of drug-likeness (QED) is 0.565. The van der Waals surface area contributed by atoms with Crippen molar-refractivity contribution in [1.82, 2.24) is 14.5 Å². The van der Waals surface area contributed by atoms with Gasteiger partial charge in [-0.1, -0.05) is 43.9 Å². The average molecular weight is 422 g/mol. The Labute approximate surface area is 187 Å². The SMILES string of the molecule is C=CC1(N2CCC(n3c(N4CCC(N)CC4)nc4ccccc43)CC2)CCCCCC1. The zero-order valence-electron chi connectivity index (χ0n) is 19.0. The molecule has 5 nitrogen and oxygen atoms in total. The van der Waals surface area contributed by atoms with Gasteiger partial charge in [0.05, 0.1) is 11.0 Å². The number of benzene rings is 1. The monoisotopic (exact) mass is 421 g/mol. The van der Waals surface area contributed by atoms with Crippen LogP contribution in [-0.4, -0.2) is 52.2 Å². The van der Waals surface area contributed by atoms with E-state index in [9.17, 15) is 0 Å². The minimum atomic E-state index is 0.227. The molecule has 5 rings (SSSR count). The molecule has 2 aliphatic heterocycles. The van der Waals surface area contributed by atoms with E-state index in [0.717, 1.165) is 44.5 Å². The molecule has 0 unspecified atom stereocenters. The Morgan fingerprint density at radius 3 is 2.29 bits per heavy atom. The lowest BCUT2D eigenvalue weighted by Gasteiger charge is -2.46. The van der Waals surface area contributed by atoms with Crippen LogP contribution in [0.2, 0.25) is 0 Å². The molecular weight excluding hydrogens is 382 g/mol. The molecule has 2 N–H and O–H groups in total. The first-order valence-corrected chi connectivity index (χ1v) is 12.6. The minimum Gasteiger partial charge on any atom is -0.342 e. The summed E-state index contributed by atoms with van der Waals surface area (Å²) < 4.78 is 2.57. The molecule has 31 heavy (non-hydrogen) atoms. The van der Waals surface area contributed by atoms with Crippen LogP contribution < -0.4 is 10.6 Å². The molecule has 3 aliphatic rings. The highest BCUT2D eigenvalue weighted by atomic mass is 15.3. The Bertz CT molecular complexity index is 878. The van der Waals surface area contributed by atoms with Gasteiger partial charge in [0, 0.05) is 43.8 Å². The van der Waals surface area contributed by atoms with Crippen LogP contribution in [0.1, 0.15) is 70.3 Å². The van der Waals surface area contributed by atoms with Crippen molar-refractivity contribution in [3.8, 4) is 0 Å². The van der Waals surface area contributed by atoms with E-state index in [0.29, 0.717) is 12.1 Å². The van der Waals surface area contributed by atoms with E-state index in [4.69, 9.17) is 10.7 Å². The van der Waals surface area contributed by atoms with Gasteiger partial charge in [0.25, 0.3) is 0 Å². The van der Waals surface area contributed by atoms with E-state index < -0.39 is 0 Å². The van der Waals surface area contributed by atoms with Crippen molar-refractivity contribution in [3.05, 3.63) is 36.9 Å². The summed E-state index contributed by atoms with van der Waals surface area (Å²) in [7, 11) is 0. The lowest BCUT2D eigenvalue weighted by molar-refractivity contribution is 0.0740. The first kappa shape index (κ1) is 21.0. The number of likely N-dealkylation sites (tertiary alicyclic amines) is 1. The van der Waals surface area contributed by atoms with Crippen LogP contribution >= 0.6 is 0 Å². The van der Waals surface area contributed by atoms with Crippen molar-refractivity contribution in [2.45, 2.75) is 81.8 Å². The van der Waals surface area contributed by atoms with Gasteiger partial charge in [-0.3, -0.25) is 4.90 Å². The van der Waals surface area contributed by atoms with Gasteiger partial charge in [-0.05, 0) is 50.7 Å². The topological polar surface area (TPSA) is 50.3 Å². The average Bonchev–Trinajstić information content (AvgIpc) is 3.02. The van der Waals surface area contributed by atoms with Crippen LogP contribution in [0.5, 0.6) is 0 Å². The van der Waals surface area contributed by atoms with Crippen molar-refractivity contribution < 1.29 is 0 Å². The summed E-state index contributed by atoms with van der Waals surface area (Å²) in [6, 6.07) is 9.54. The van der Waals surface area contributed by atoms with Crippen LogP contribution in [0.25, 0.3) is 11.0 Å². The van der Waals surface area contributed by atoms with Crippen LogP contribution in [0.15, 0.2) is 36.9 Å². The van der Waals surface area contributed by atoms with Gasteiger partial charge in [-0.15, -0.1) is 6.58 Å². The van der Waals surface area contributed by atoms with E-state index in [2.05, 4.69) is 51.3 Å². The standard InChI is InChI=1S/C26H39N5/c1-2-26(15-7-3-4-8-16-26)30-19-13-22(14-20-30)31-24-10-6-5-9-23(24)28-25(31)29-17-11-21(27)12-18-29/h2,5-6,9-10,21-22H,1,3-4,7-8,11-20,27H2. The fourth-order valence-corrected chi connectivity index (χ4v) is 6.27. The summed E-state index contributed by atoms with van der Waals surface area (Å²) in [6.07, 6.45) is 14.8. The van der Waals surface area contributed by atoms with Crippen LogP contribution in [-0.2, 0) is 0 Å². The summed E-state index contributed by atoms with van der Waals surface area (Å²) in [5.74, 6) is 1.17. The van der Waals surface area contributed by atoms with E-state index >= 15 is 0 Å². The number of piperidine rings is 2. The Morgan fingerprint density at radius 1 is 0.935 bits per heavy atom. The lowest BCUT2D eigenvalue weighted by atomic mass is 9.86. The molecule has 0 amide bonds. The predicted molar refractivity (Wildman–Crippen MR) is 130 cm³/mol. The Balaban J connectivity index is 1.39. The molecule has 0 radical (unpaired) electrons. The van der Waals surface area contributed by atoms with Crippen LogP contribution in [0.3, 0.4) is 0 Å². The third-order valence-corrected chi connectivity index (χ3v) is 8.21. The van der Waals surface area contributed by atoms with Gasteiger partial charge < -0.3 is 15.2 Å². The maximum atomic E-state index is 6.19. The number of nitrogens with two attached hydrogens (primary N) is 1. The molecule has 2 saturated heterocycles. The van der Waals surface area contributed by atoms with Crippen LogP contribution in [0.4, 0.5) is 5.95 Å². The predicted octanol–water partition coefficient (Wildman–Crippen LogP) is 4.88. The number of nitrogens with zero attached hydrogens (tertiary/aromatic N) is 4. The number of hydrogen-bond donors (Lipinski definition) is 1.